The lowest BCUT2D eigenvalue weighted by Crippen LogP contribution is -2.30. The Bertz CT molecular complexity index is 404. The van der Waals surface area contributed by atoms with Gasteiger partial charge in [0.1, 0.15) is 0 Å². The van der Waals surface area contributed by atoms with Gasteiger partial charge in [0, 0.05) is 20.7 Å². The summed E-state index contributed by atoms with van der Waals surface area (Å²) < 4.78 is 7.00. The minimum atomic E-state index is 0.546. The van der Waals surface area contributed by atoms with Crippen molar-refractivity contribution in [2.24, 2.45) is 18.9 Å². The minimum Gasteiger partial charge on any atom is -0.383 e. The molecule has 1 unspecified atom stereocenters. The molecule has 1 N–H and O–H groups in total. The summed E-state index contributed by atoms with van der Waals surface area (Å²) in [4.78, 5) is 0. The highest BCUT2D eigenvalue weighted by molar-refractivity contribution is 6.31. The van der Waals surface area contributed by atoms with Crippen LogP contribution in [0, 0.1) is 11.8 Å². The molecule has 1 aromatic heterocycles. The number of methoxy groups -OCH3 is 1. The monoisotopic (exact) mass is 301 g/mol. The van der Waals surface area contributed by atoms with Crippen molar-refractivity contribution in [2.45, 2.75) is 33.6 Å². The van der Waals surface area contributed by atoms with Gasteiger partial charge in [0.05, 0.1) is 23.0 Å². The molecular weight excluding hydrogens is 274 g/mol. The van der Waals surface area contributed by atoms with Crippen LogP contribution in [0.2, 0.25) is 5.02 Å². The van der Waals surface area contributed by atoms with Crippen LogP contribution in [-0.2, 0) is 24.6 Å². The van der Waals surface area contributed by atoms with E-state index in [-0.39, 0.29) is 0 Å². The van der Waals surface area contributed by atoms with E-state index in [9.17, 15) is 0 Å². The fraction of sp³-hybridized carbons (Fsp3) is 0.800. The van der Waals surface area contributed by atoms with Crippen LogP contribution in [0.4, 0.5) is 0 Å². The van der Waals surface area contributed by atoms with Gasteiger partial charge in [0.2, 0.25) is 0 Å². The van der Waals surface area contributed by atoms with Gasteiger partial charge in [-0.1, -0.05) is 32.4 Å². The molecule has 0 saturated carbocycles. The van der Waals surface area contributed by atoms with Crippen LogP contribution in [-0.4, -0.2) is 36.6 Å². The smallest absolute Gasteiger partial charge is 0.0849 e. The van der Waals surface area contributed by atoms with Crippen LogP contribution in [0.15, 0.2) is 0 Å². The zero-order valence-electron chi connectivity index (χ0n) is 13.4. The lowest BCUT2D eigenvalue weighted by molar-refractivity contribution is 0.196. The molecule has 0 aromatic carbocycles. The highest BCUT2D eigenvalue weighted by Crippen LogP contribution is 2.25. The molecule has 5 heteroatoms. The second-order valence-corrected chi connectivity index (χ2v) is 5.97. The van der Waals surface area contributed by atoms with Gasteiger partial charge >= 0.3 is 0 Å². The summed E-state index contributed by atoms with van der Waals surface area (Å²) in [5, 5.41) is 8.79. The van der Waals surface area contributed by atoms with E-state index in [1.807, 2.05) is 11.7 Å². The fourth-order valence-electron chi connectivity index (χ4n) is 2.30. The molecule has 0 fully saturated rings. The summed E-state index contributed by atoms with van der Waals surface area (Å²) in [7, 11) is 3.71. The summed E-state index contributed by atoms with van der Waals surface area (Å²) in [6.45, 7) is 9.21. The third-order valence-corrected chi connectivity index (χ3v) is 4.23. The van der Waals surface area contributed by atoms with Crippen molar-refractivity contribution in [3.05, 3.63) is 16.4 Å². The molecule has 4 nitrogen and oxygen atoms in total. The molecule has 1 aromatic rings. The predicted octanol–water partition coefficient (Wildman–Crippen LogP) is 2.69. The average molecular weight is 302 g/mol. The number of hydrogen-bond donors (Lipinski definition) is 1. The third-order valence-electron chi connectivity index (χ3n) is 3.79. The molecular formula is C15H28ClN3O. The van der Waals surface area contributed by atoms with E-state index < -0.39 is 0 Å². The Labute approximate surface area is 127 Å². The SMILES string of the molecule is CCc1nn(C)c(CC(CNCCOC)C(C)C)c1Cl. The first-order valence-corrected chi connectivity index (χ1v) is 7.78. The number of aromatic nitrogens is 2. The third kappa shape index (κ3) is 4.76. The van der Waals surface area contributed by atoms with Gasteiger partial charge in [0.25, 0.3) is 0 Å². The molecule has 0 spiro atoms. The molecule has 0 saturated heterocycles. The molecule has 1 atom stereocenters. The van der Waals surface area contributed by atoms with Crippen molar-refractivity contribution in [1.82, 2.24) is 15.1 Å². The highest BCUT2D eigenvalue weighted by atomic mass is 35.5. The molecule has 0 aliphatic heterocycles. The second-order valence-electron chi connectivity index (χ2n) is 5.59. The predicted molar refractivity (Wildman–Crippen MR) is 84.4 cm³/mol. The number of nitrogens with zero attached hydrogens (tertiary/aromatic N) is 2. The fourth-order valence-corrected chi connectivity index (χ4v) is 2.67. The Morgan fingerprint density at radius 3 is 2.60 bits per heavy atom. The summed E-state index contributed by atoms with van der Waals surface area (Å²) in [6.07, 6.45) is 1.84. The van der Waals surface area contributed by atoms with Crippen molar-refractivity contribution in [3.63, 3.8) is 0 Å². The maximum atomic E-state index is 6.44. The van der Waals surface area contributed by atoms with Crippen LogP contribution in [0.25, 0.3) is 0 Å². The van der Waals surface area contributed by atoms with Crippen LogP contribution in [0.5, 0.6) is 0 Å². The zero-order valence-corrected chi connectivity index (χ0v) is 14.1. The van der Waals surface area contributed by atoms with Crippen LogP contribution >= 0.6 is 11.6 Å². The number of aryl methyl sites for hydroxylation is 2. The van der Waals surface area contributed by atoms with Gasteiger partial charge in [-0.2, -0.15) is 5.10 Å². The largest absolute Gasteiger partial charge is 0.383 e. The van der Waals surface area contributed by atoms with Gasteiger partial charge in [-0.15, -0.1) is 0 Å². The first kappa shape index (κ1) is 17.5. The summed E-state index contributed by atoms with van der Waals surface area (Å²) in [6, 6.07) is 0. The number of nitrogens with one attached hydrogen (secondary N) is 1. The van der Waals surface area contributed by atoms with E-state index in [2.05, 4.69) is 31.2 Å². The van der Waals surface area contributed by atoms with Crippen LogP contribution in [0.1, 0.15) is 32.2 Å². The Morgan fingerprint density at radius 2 is 2.10 bits per heavy atom. The molecule has 0 radical (unpaired) electrons. The van der Waals surface area contributed by atoms with Crippen molar-refractivity contribution < 1.29 is 4.74 Å². The average Bonchev–Trinajstić information content (AvgIpc) is 2.68. The van der Waals surface area contributed by atoms with Gasteiger partial charge in [-0.25, -0.2) is 0 Å². The van der Waals surface area contributed by atoms with E-state index in [1.165, 1.54) is 0 Å². The van der Waals surface area contributed by atoms with Crippen molar-refractivity contribution in [1.29, 1.82) is 0 Å². The molecule has 1 rings (SSSR count). The Kier molecular flexibility index (Phi) is 7.56. The van der Waals surface area contributed by atoms with E-state index in [0.717, 1.165) is 48.9 Å². The Balaban J connectivity index is 2.68. The lowest BCUT2D eigenvalue weighted by Gasteiger charge is -2.21. The maximum absolute atomic E-state index is 6.44. The normalized spacial score (nSPS) is 13.2. The number of rotatable bonds is 9. The van der Waals surface area contributed by atoms with E-state index in [0.29, 0.717) is 11.8 Å². The van der Waals surface area contributed by atoms with E-state index in [1.54, 1.807) is 7.11 Å². The van der Waals surface area contributed by atoms with Gasteiger partial charge < -0.3 is 10.1 Å². The van der Waals surface area contributed by atoms with Gasteiger partial charge in [-0.3, -0.25) is 4.68 Å². The van der Waals surface area contributed by atoms with Crippen molar-refractivity contribution in [2.75, 3.05) is 26.8 Å². The Morgan fingerprint density at radius 1 is 1.40 bits per heavy atom. The number of ether oxygens (including phenoxy) is 1. The summed E-state index contributed by atoms with van der Waals surface area (Å²) in [5.41, 5.74) is 2.15. The molecule has 116 valence electrons. The standard InChI is InChI=1S/C15H28ClN3O/c1-6-13-15(16)14(19(4)18-13)9-12(11(2)3)10-17-7-8-20-5/h11-12,17H,6-10H2,1-5H3. The second kappa shape index (κ2) is 8.65. The highest BCUT2D eigenvalue weighted by Gasteiger charge is 2.20. The summed E-state index contributed by atoms with van der Waals surface area (Å²) >= 11 is 6.44. The molecule has 20 heavy (non-hydrogen) atoms. The first-order valence-electron chi connectivity index (χ1n) is 7.41. The number of halogens is 1. The quantitative estimate of drug-likeness (QED) is 0.713. The number of hydrogen-bond acceptors (Lipinski definition) is 3. The summed E-state index contributed by atoms with van der Waals surface area (Å²) in [5.74, 6) is 1.14. The van der Waals surface area contributed by atoms with E-state index in [4.69, 9.17) is 16.3 Å². The van der Waals surface area contributed by atoms with Crippen LogP contribution < -0.4 is 5.32 Å². The molecule has 0 bridgehead atoms. The molecule has 0 amide bonds. The molecule has 0 aliphatic carbocycles. The van der Waals surface area contributed by atoms with Gasteiger partial charge in [0.15, 0.2) is 0 Å². The first-order chi connectivity index (χ1) is 9.51. The van der Waals surface area contributed by atoms with Crippen molar-refractivity contribution in [3.8, 4) is 0 Å². The zero-order chi connectivity index (χ0) is 15.1. The van der Waals surface area contributed by atoms with Crippen molar-refractivity contribution >= 4 is 11.6 Å². The van der Waals surface area contributed by atoms with Gasteiger partial charge in [-0.05, 0) is 31.2 Å². The topological polar surface area (TPSA) is 39.1 Å². The maximum Gasteiger partial charge on any atom is 0.0849 e. The minimum absolute atomic E-state index is 0.546. The Hall–Kier alpha value is -0.580. The molecule has 1 heterocycles. The lowest BCUT2D eigenvalue weighted by atomic mass is 9.91. The molecule has 0 aliphatic rings. The van der Waals surface area contributed by atoms with E-state index >= 15 is 0 Å². The van der Waals surface area contributed by atoms with Crippen LogP contribution in [0.3, 0.4) is 0 Å².